The molecular formula is C100H85BBr2Cl2N6O2Pt2. The van der Waals surface area contributed by atoms with Crippen LogP contribution in [0.15, 0.2) is 379 Å². The molecule has 2 N–H and O–H groups in total. The zero-order chi connectivity index (χ0) is 79.2. The van der Waals surface area contributed by atoms with Crippen molar-refractivity contribution in [1.82, 2.24) is 29.9 Å². The summed E-state index contributed by atoms with van der Waals surface area (Å²) >= 11 is 6.33. The van der Waals surface area contributed by atoms with Crippen LogP contribution in [0, 0.1) is 12.1 Å². The van der Waals surface area contributed by atoms with Gasteiger partial charge in [-0.1, -0.05) is 268 Å². The molecule has 0 amide bonds. The first kappa shape index (κ1) is 87.4. The van der Waals surface area contributed by atoms with E-state index in [9.17, 15) is 0 Å². The predicted octanol–water partition coefficient (Wildman–Crippen LogP) is 25.9. The minimum Gasteiger partial charge on any atom is 2.00 e. The summed E-state index contributed by atoms with van der Waals surface area (Å²) in [6, 6.07) is 132. The van der Waals surface area contributed by atoms with Crippen LogP contribution in [0.2, 0.25) is 0 Å². The third kappa shape index (κ3) is 23.2. The van der Waals surface area contributed by atoms with Crippen LogP contribution < -0.4 is 5.46 Å². The van der Waals surface area contributed by atoms with Gasteiger partial charge in [0.1, 0.15) is 9.21 Å². The number of hydrogen-bond acceptors (Lipinski definition) is 8. The molecule has 16 rings (SSSR count). The molecule has 0 unspecified atom stereocenters. The molecule has 0 aliphatic heterocycles. The zero-order valence-corrected chi connectivity index (χ0v) is 72.7. The van der Waals surface area contributed by atoms with E-state index in [0.29, 0.717) is 5.46 Å². The average molecular weight is 2030 g/mol. The van der Waals surface area contributed by atoms with Crippen molar-refractivity contribution in [2.24, 2.45) is 0 Å². The van der Waals surface area contributed by atoms with Gasteiger partial charge in [0, 0.05) is 38.8 Å². The average Bonchev–Trinajstić information content (AvgIpc) is 0.788. The summed E-state index contributed by atoms with van der Waals surface area (Å²) in [7, 11) is 8.34. The standard InChI is InChI=1S/C37H30N2.C37H28N2.C13H12Br2N2.C12H11BO2.CH4.2ClH.2Pt/c2*1-37(2,35-23-11-21-33(38-35)31-19-9-17-29(25-31)27-13-5-3-6-14-27)36-24-12-22-34(39-36)32-20-10-18-30(26-32)28-15-7-4-8-16-28;1-13(2,9-5-3-7-11(14)16-9)10-6-4-8-12(15)17-10;14-13(15)12-8-4-7-11(9-12)10-5-2-1-3-6-10;;;;;/h3-26H,1-2H3;3-18,21-26H,1-2H3;3-8H,1-2H3;1-9,14-15H;1H4;2*1H;;/q;-2;;;;;;2*+2/p-2. The molecule has 16 aromatic rings. The van der Waals surface area contributed by atoms with Crippen molar-refractivity contribution in [1.29, 1.82) is 0 Å². The molecule has 0 saturated heterocycles. The Morgan fingerprint density at radius 3 is 0.817 bits per heavy atom. The number of halogens is 4. The monoisotopic (exact) mass is 2030 g/mol. The maximum Gasteiger partial charge on any atom is 2.00 e. The Balaban J connectivity index is 0.000000171. The van der Waals surface area contributed by atoms with Crippen molar-refractivity contribution in [3.05, 3.63) is 426 Å². The molecular weight excluding hydrogens is 1950 g/mol. The fourth-order valence-corrected chi connectivity index (χ4v) is 13.7. The predicted molar refractivity (Wildman–Crippen MR) is 479 cm³/mol. The topological polar surface area (TPSA) is 118 Å². The first-order chi connectivity index (χ1) is 54.8. The Bertz CT molecular complexity index is 5210. The molecule has 0 radical (unpaired) electrons. The van der Waals surface area contributed by atoms with Gasteiger partial charge in [-0.25, -0.2) is 9.97 Å². The maximum atomic E-state index is 9.05. The van der Waals surface area contributed by atoms with Crippen LogP contribution in [-0.2, 0) is 53.8 Å². The van der Waals surface area contributed by atoms with Gasteiger partial charge in [0.05, 0.1) is 34.2 Å². The number of rotatable bonds is 16. The molecule has 0 aliphatic rings. The first-order valence-corrected chi connectivity index (χ1v) is 44.0. The molecule has 0 fully saturated rings. The van der Waals surface area contributed by atoms with Gasteiger partial charge >= 0.3 is 63.5 Å². The van der Waals surface area contributed by atoms with Gasteiger partial charge in [-0.2, -0.15) is 0 Å². The number of nitrogens with zero attached hydrogens (tertiary/aromatic N) is 6. The molecule has 115 heavy (non-hydrogen) atoms. The Morgan fingerprint density at radius 1 is 0.278 bits per heavy atom. The summed E-state index contributed by atoms with van der Waals surface area (Å²) in [6.07, 6.45) is 0. The van der Waals surface area contributed by atoms with E-state index in [-0.39, 0.29) is 39.3 Å². The van der Waals surface area contributed by atoms with Crippen molar-refractivity contribution in [3.8, 4) is 101 Å². The van der Waals surface area contributed by atoms with E-state index in [0.717, 1.165) is 111 Å². The molecule has 0 aliphatic carbocycles. The molecule has 10 aromatic carbocycles. The van der Waals surface area contributed by atoms with Crippen molar-refractivity contribution in [3.63, 3.8) is 0 Å². The summed E-state index contributed by atoms with van der Waals surface area (Å²) in [5.74, 6) is 0. The second-order valence-corrected chi connectivity index (χ2v) is 33.1. The summed E-state index contributed by atoms with van der Waals surface area (Å²) in [6.45, 7) is 13.0. The largest absolute Gasteiger partial charge is 2.00 e. The van der Waals surface area contributed by atoms with Gasteiger partial charge in [-0.05, 0) is 208 Å². The number of aromatic nitrogens is 6. The van der Waals surface area contributed by atoms with Gasteiger partial charge in [0.2, 0.25) is 0 Å². The third-order valence-electron chi connectivity index (χ3n) is 19.5. The summed E-state index contributed by atoms with van der Waals surface area (Å²) in [5.41, 5.74) is 24.8. The smallest absolute Gasteiger partial charge is 2.00 e. The fourth-order valence-electron chi connectivity index (χ4n) is 13.0. The quantitative estimate of drug-likeness (QED) is 0.0558. The van der Waals surface area contributed by atoms with E-state index in [1.165, 1.54) is 33.4 Å². The van der Waals surface area contributed by atoms with Crippen LogP contribution in [0.3, 0.4) is 0 Å². The molecule has 0 atom stereocenters. The van der Waals surface area contributed by atoms with Crippen LogP contribution >= 0.6 is 50.7 Å². The van der Waals surface area contributed by atoms with Gasteiger partial charge in [-0.15, -0.1) is 70.8 Å². The minimum absolute atomic E-state index is 0. The van der Waals surface area contributed by atoms with Crippen molar-refractivity contribution in [2.75, 3.05) is 0 Å². The first-order valence-electron chi connectivity index (χ1n) is 36.8. The van der Waals surface area contributed by atoms with Crippen LogP contribution in [-0.4, -0.2) is 47.1 Å². The van der Waals surface area contributed by atoms with Crippen LogP contribution in [0.4, 0.5) is 0 Å². The van der Waals surface area contributed by atoms with Gasteiger partial charge in [0.15, 0.2) is 0 Å². The molecule has 0 spiro atoms. The van der Waals surface area contributed by atoms with Gasteiger partial charge < -0.3 is 20.0 Å². The fraction of sp³-hybridized carbons (Fsp3) is 0.100. The summed E-state index contributed by atoms with van der Waals surface area (Å²) in [4.78, 5) is 29.5. The maximum absolute atomic E-state index is 9.05. The van der Waals surface area contributed by atoms with Gasteiger partial charge in [0.25, 0.3) is 0 Å². The number of benzene rings is 10. The second kappa shape index (κ2) is 42.0. The Labute approximate surface area is 725 Å². The summed E-state index contributed by atoms with van der Waals surface area (Å²) in [5, 5.41) is 18.1. The zero-order valence-electron chi connectivity index (χ0n) is 63.5. The molecule has 6 heterocycles. The minimum atomic E-state index is -1.41. The molecule has 6 aromatic heterocycles. The Morgan fingerprint density at radius 2 is 0.513 bits per heavy atom. The van der Waals surface area contributed by atoms with Crippen LogP contribution in [0.25, 0.3) is 101 Å². The SMILES string of the molecule is C.CC(C)(c1cccc(-c2[c-]ccc(-c3ccccc3)c2)n1)c1cccc(-c2[c-]ccc(-c3ccccc3)c2)n1.CC(C)(c1cccc(-c2cccc(-c3ccccc3)c2)n1)c1cccc(-c2cccc(-c3ccccc3)c2)n1.CC(C)(c1cccc(Br)n1)c1cccc(Br)n1.OB(O)c1cccc(-c2ccccc2)c1.[Cl][Pt][Cl].[Pt+2]. The van der Waals surface area contributed by atoms with Crippen molar-refractivity contribution in [2.45, 2.75) is 65.2 Å². The normalized spacial score (nSPS) is 10.9. The molecule has 8 nitrogen and oxygen atoms in total. The van der Waals surface area contributed by atoms with Crippen LogP contribution in [0.5, 0.6) is 0 Å². The van der Waals surface area contributed by atoms with E-state index in [4.69, 9.17) is 48.8 Å². The van der Waals surface area contributed by atoms with E-state index in [1.54, 1.807) is 12.1 Å². The van der Waals surface area contributed by atoms with Crippen molar-refractivity contribution < 1.29 is 47.6 Å². The van der Waals surface area contributed by atoms with Crippen molar-refractivity contribution >= 4 is 63.3 Å². The van der Waals surface area contributed by atoms with E-state index in [1.807, 2.05) is 127 Å². The molecule has 0 saturated carbocycles. The number of hydrogen-bond donors (Lipinski definition) is 2. The molecule has 578 valence electrons. The van der Waals surface area contributed by atoms with Gasteiger partial charge in [-0.3, -0.25) is 9.97 Å². The van der Waals surface area contributed by atoms with Crippen LogP contribution in [0.1, 0.15) is 83.1 Å². The second-order valence-electron chi connectivity index (χ2n) is 28.2. The van der Waals surface area contributed by atoms with E-state index >= 15 is 0 Å². The van der Waals surface area contributed by atoms with E-state index < -0.39 is 29.0 Å². The Hall–Kier alpha value is -10.00. The van der Waals surface area contributed by atoms with E-state index in [2.05, 4.69) is 326 Å². The summed E-state index contributed by atoms with van der Waals surface area (Å²) < 4.78 is 1.69. The number of pyridine rings is 6. The Kier molecular flexibility index (Phi) is 31.9. The third-order valence-corrected chi connectivity index (χ3v) is 20.3. The molecule has 15 heteroatoms. The molecule has 0 bridgehead atoms.